The Labute approximate surface area is 135 Å². The van der Waals surface area contributed by atoms with E-state index >= 15 is 0 Å². The summed E-state index contributed by atoms with van der Waals surface area (Å²) in [7, 11) is 1.94. The van der Waals surface area contributed by atoms with E-state index in [4.69, 9.17) is 4.74 Å². The summed E-state index contributed by atoms with van der Waals surface area (Å²) in [6.07, 6.45) is 5.05. The maximum Gasteiger partial charge on any atom is 0.320 e. The zero-order valence-electron chi connectivity index (χ0n) is 13.3. The van der Waals surface area contributed by atoms with Crippen LogP contribution in [-0.4, -0.2) is 33.2 Å². The molecule has 3 heterocycles. The van der Waals surface area contributed by atoms with Crippen molar-refractivity contribution in [3.63, 3.8) is 0 Å². The zero-order chi connectivity index (χ0) is 16.2. The van der Waals surface area contributed by atoms with Gasteiger partial charge < -0.3 is 14.6 Å². The van der Waals surface area contributed by atoms with E-state index in [1.165, 1.54) is 0 Å². The van der Waals surface area contributed by atoms with Gasteiger partial charge in [0.1, 0.15) is 11.9 Å². The Bertz CT molecular complexity index is 685. The highest BCUT2D eigenvalue weighted by Crippen LogP contribution is 2.27. The van der Waals surface area contributed by atoms with Gasteiger partial charge in [0.05, 0.1) is 18.2 Å². The quantitative estimate of drug-likeness (QED) is 0.909. The van der Waals surface area contributed by atoms with Crippen molar-refractivity contribution in [2.45, 2.75) is 31.9 Å². The standard InChI is InChI=1S/C16H21N5O2/c1-11-4-3-5-15(18-11)20-16(22)19-12-6-7-23-14(8-12)13-9-17-10-21(13)2/h3-5,9-10,12,14H,6-8H2,1-2H3,(H2,18,19,20,22). The summed E-state index contributed by atoms with van der Waals surface area (Å²) in [6, 6.07) is 5.35. The fourth-order valence-corrected chi connectivity index (χ4v) is 2.76. The third kappa shape index (κ3) is 3.87. The first-order valence-corrected chi connectivity index (χ1v) is 7.71. The smallest absolute Gasteiger partial charge is 0.320 e. The average molecular weight is 315 g/mol. The maximum atomic E-state index is 12.1. The normalized spacial score (nSPS) is 21.0. The van der Waals surface area contributed by atoms with E-state index in [2.05, 4.69) is 20.6 Å². The third-order valence-corrected chi connectivity index (χ3v) is 3.93. The van der Waals surface area contributed by atoms with Crippen molar-refractivity contribution in [3.8, 4) is 0 Å². The van der Waals surface area contributed by atoms with E-state index in [0.29, 0.717) is 12.4 Å². The number of imidazole rings is 1. The van der Waals surface area contributed by atoms with E-state index in [9.17, 15) is 4.79 Å². The molecule has 2 N–H and O–H groups in total. The molecule has 2 unspecified atom stereocenters. The molecule has 2 atom stereocenters. The van der Waals surface area contributed by atoms with Gasteiger partial charge in [0, 0.05) is 25.4 Å². The first-order valence-electron chi connectivity index (χ1n) is 7.71. The maximum absolute atomic E-state index is 12.1. The van der Waals surface area contributed by atoms with Gasteiger partial charge in [-0.25, -0.2) is 14.8 Å². The van der Waals surface area contributed by atoms with E-state index in [-0.39, 0.29) is 18.2 Å². The van der Waals surface area contributed by atoms with Gasteiger partial charge >= 0.3 is 6.03 Å². The number of nitrogens with one attached hydrogen (secondary N) is 2. The molecule has 2 aromatic rings. The van der Waals surface area contributed by atoms with E-state index in [0.717, 1.165) is 24.2 Å². The number of amides is 2. The van der Waals surface area contributed by atoms with Crippen molar-refractivity contribution in [3.05, 3.63) is 42.1 Å². The van der Waals surface area contributed by atoms with Crippen LogP contribution in [0.4, 0.5) is 10.6 Å². The number of carbonyl (C=O) groups is 1. The SMILES string of the molecule is Cc1cccc(NC(=O)NC2CCOC(c3cncn3C)C2)n1. The number of carbonyl (C=O) groups excluding carboxylic acids is 1. The Kier molecular flexibility index (Phi) is 4.57. The summed E-state index contributed by atoms with van der Waals surface area (Å²) in [5.74, 6) is 0.553. The minimum absolute atomic E-state index is 0.0429. The summed E-state index contributed by atoms with van der Waals surface area (Å²) in [6.45, 7) is 2.50. The second-order valence-electron chi connectivity index (χ2n) is 5.77. The number of ether oxygens (including phenoxy) is 1. The average Bonchev–Trinajstić information content (AvgIpc) is 2.93. The van der Waals surface area contributed by atoms with Gasteiger partial charge in [0.2, 0.25) is 0 Å². The number of hydrogen-bond acceptors (Lipinski definition) is 4. The molecule has 7 heteroatoms. The van der Waals surface area contributed by atoms with Crippen LogP contribution in [0.2, 0.25) is 0 Å². The number of aromatic nitrogens is 3. The molecule has 0 aliphatic carbocycles. The summed E-state index contributed by atoms with van der Waals surface area (Å²) in [5.41, 5.74) is 1.89. The van der Waals surface area contributed by atoms with Crippen LogP contribution in [0, 0.1) is 6.92 Å². The topological polar surface area (TPSA) is 81.1 Å². The number of nitrogens with zero attached hydrogens (tertiary/aromatic N) is 3. The van der Waals surface area contributed by atoms with Crippen molar-refractivity contribution in [2.24, 2.45) is 7.05 Å². The molecule has 1 aliphatic heterocycles. The first-order chi connectivity index (χ1) is 11.1. The summed E-state index contributed by atoms with van der Waals surface area (Å²) < 4.78 is 7.75. The Balaban J connectivity index is 1.57. The van der Waals surface area contributed by atoms with Crippen LogP contribution in [0.3, 0.4) is 0 Å². The first kappa shape index (κ1) is 15.5. The molecule has 3 rings (SSSR count). The van der Waals surface area contributed by atoms with Crippen LogP contribution >= 0.6 is 0 Å². The van der Waals surface area contributed by atoms with E-state index < -0.39 is 0 Å². The molecule has 2 amide bonds. The fraction of sp³-hybridized carbons (Fsp3) is 0.438. The molecule has 1 aliphatic rings. The summed E-state index contributed by atoms with van der Waals surface area (Å²) >= 11 is 0. The van der Waals surface area contributed by atoms with Gasteiger partial charge in [-0.3, -0.25) is 5.32 Å². The largest absolute Gasteiger partial charge is 0.372 e. The monoisotopic (exact) mass is 315 g/mol. The van der Waals surface area contributed by atoms with Gasteiger partial charge in [-0.15, -0.1) is 0 Å². The predicted molar refractivity (Wildman–Crippen MR) is 86.1 cm³/mol. The minimum Gasteiger partial charge on any atom is -0.372 e. The number of rotatable bonds is 3. The molecule has 122 valence electrons. The molecule has 0 saturated carbocycles. The van der Waals surface area contributed by atoms with E-state index in [1.807, 2.05) is 36.9 Å². The van der Waals surface area contributed by atoms with Crippen molar-refractivity contribution < 1.29 is 9.53 Å². The lowest BCUT2D eigenvalue weighted by Gasteiger charge is -2.30. The lowest BCUT2D eigenvalue weighted by molar-refractivity contribution is -0.00151. The van der Waals surface area contributed by atoms with Crippen LogP contribution in [0.15, 0.2) is 30.7 Å². The molecule has 0 bridgehead atoms. The Morgan fingerprint density at radius 1 is 1.43 bits per heavy atom. The number of anilines is 1. The predicted octanol–water partition coefficient (Wildman–Crippen LogP) is 2.17. The Morgan fingerprint density at radius 2 is 2.30 bits per heavy atom. The lowest BCUT2D eigenvalue weighted by Crippen LogP contribution is -2.42. The molecule has 0 spiro atoms. The van der Waals surface area contributed by atoms with Gasteiger partial charge in [-0.2, -0.15) is 0 Å². The Morgan fingerprint density at radius 3 is 3.04 bits per heavy atom. The highest BCUT2D eigenvalue weighted by molar-refractivity contribution is 5.88. The molecule has 0 radical (unpaired) electrons. The fourth-order valence-electron chi connectivity index (χ4n) is 2.76. The third-order valence-electron chi connectivity index (χ3n) is 3.93. The number of aryl methyl sites for hydroxylation is 2. The molecular weight excluding hydrogens is 294 g/mol. The van der Waals surface area contributed by atoms with Crippen molar-refractivity contribution >= 4 is 11.8 Å². The number of pyridine rings is 1. The second kappa shape index (κ2) is 6.78. The second-order valence-corrected chi connectivity index (χ2v) is 5.77. The molecule has 1 saturated heterocycles. The molecule has 23 heavy (non-hydrogen) atoms. The highest BCUT2D eigenvalue weighted by atomic mass is 16.5. The van der Waals surface area contributed by atoms with Crippen LogP contribution in [0.1, 0.15) is 30.3 Å². The summed E-state index contributed by atoms with van der Waals surface area (Å²) in [5, 5.41) is 5.77. The minimum atomic E-state index is -0.237. The van der Waals surface area contributed by atoms with Crippen LogP contribution in [0.5, 0.6) is 0 Å². The van der Waals surface area contributed by atoms with Gasteiger partial charge in [-0.05, 0) is 31.9 Å². The highest BCUT2D eigenvalue weighted by Gasteiger charge is 2.26. The zero-order valence-corrected chi connectivity index (χ0v) is 13.3. The van der Waals surface area contributed by atoms with Gasteiger partial charge in [0.15, 0.2) is 0 Å². The number of urea groups is 1. The molecule has 1 fully saturated rings. The Hall–Kier alpha value is -2.41. The van der Waals surface area contributed by atoms with E-state index in [1.54, 1.807) is 12.4 Å². The van der Waals surface area contributed by atoms with Crippen LogP contribution in [-0.2, 0) is 11.8 Å². The van der Waals surface area contributed by atoms with Crippen molar-refractivity contribution in [1.82, 2.24) is 19.9 Å². The van der Waals surface area contributed by atoms with Crippen molar-refractivity contribution in [2.75, 3.05) is 11.9 Å². The van der Waals surface area contributed by atoms with Crippen LogP contribution in [0.25, 0.3) is 0 Å². The van der Waals surface area contributed by atoms with Crippen LogP contribution < -0.4 is 10.6 Å². The molecular formula is C16H21N5O2. The lowest BCUT2D eigenvalue weighted by atomic mass is 10.0. The summed E-state index contributed by atoms with van der Waals surface area (Å²) in [4.78, 5) is 20.5. The number of hydrogen-bond donors (Lipinski definition) is 2. The van der Waals surface area contributed by atoms with Gasteiger partial charge in [-0.1, -0.05) is 6.07 Å². The van der Waals surface area contributed by atoms with Crippen molar-refractivity contribution in [1.29, 1.82) is 0 Å². The molecule has 2 aromatic heterocycles. The van der Waals surface area contributed by atoms with Gasteiger partial charge in [0.25, 0.3) is 0 Å². The molecule has 7 nitrogen and oxygen atoms in total. The molecule has 0 aromatic carbocycles.